The van der Waals surface area contributed by atoms with Crippen molar-refractivity contribution >= 4 is 0 Å². The van der Waals surface area contributed by atoms with Crippen LogP contribution in [0.25, 0.3) is 0 Å². The molecular weight excluding hydrogens is 205 g/mol. The van der Waals surface area contributed by atoms with E-state index in [1.807, 2.05) is 6.92 Å². The molecule has 0 spiro atoms. The van der Waals surface area contributed by atoms with Crippen molar-refractivity contribution in [3.05, 3.63) is 35.6 Å². The van der Waals surface area contributed by atoms with Crippen LogP contribution >= 0.6 is 0 Å². The van der Waals surface area contributed by atoms with E-state index in [-0.39, 0.29) is 17.0 Å². The summed E-state index contributed by atoms with van der Waals surface area (Å²) in [7, 11) is 0. The first-order valence-electron chi connectivity index (χ1n) is 5.56. The molecule has 1 aliphatic heterocycles. The van der Waals surface area contributed by atoms with Gasteiger partial charge in [-0.25, -0.2) is 4.39 Å². The van der Waals surface area contributed by atoms with Crippen molar-refractivity contribution < 1.29 is 9.13 Å². The topological polar surface area (TPSA) is 21.3 Å². The van der Waals surface area contributed by atoms with Crippen LogP contribution in [0.5, 0.6) is 0 Å². The highest BCUT2D eigenvalue weighted by atomic mass is 19.1. The Hall–Kier alpha value is -0.930. The summed E-state index contributed by atoms with van der Waals surface area (Å²) in [6.45, 7) is 7.64. The van der Waals surface area contributed by atoms with Crippen molar-refractivity contribution in [3.8, 4) is 0 Å². The summed E-state index contributed by atoms with van der Waals surface area (Å²) >= 11 is 0. The van der Waals surface area contributed by atoms with Gasteiger partial charge in [0, 0.05) is 12.1 Å². The van der Waals surface area contributed by atoms with E-state index in [1.165, 1.54) is 12.1 Å². The maximum absolute atomic E-state index is 12.8. The minimum absolute atomic E-state index is 0.0134. The Morgan fingerprint density at radius 3 is 2.31 bits per heavy atom. The lowest BCUT2D eigenvalue weighted by Gasteiger charge is -2.42. The van der Waals surface area contributed by atoms with E-state index in [0.29, 0.717) is 6.61 Å². The van der Waals surface area contributed by atoms with E-state index < -0.39 is 0 Å². The van der Waals surface area contributed by atoms with Crippen LogP contribution in [0.1, 0.15) is 26.3 Å². The fourth-order valence-electron chi connectivity index (χ4n) is 1.84. The van der Waals surface area contributed by atoms with E-state index in [1.54, 1.807) is 12.1 Å². The Balaban J connectivity index is 2.18. The molecule has 2 rings (SSSR count). The van der Waals surface area contributed by atoms with Crippen LogP contribution in [0.4, 0.5) is 4.39 Å². The molecule has 0 radical (unpaired) electrons. The number of halogens is 1. The van der Waals surface area contributed by atoms with Gasteiger partial charge in [-0.05, 0) is 38.5 Å². The molecule has 1 aliphatic rings. The first-order valence-corrected chi connectivity index (χ1v) is 5.56. The summed E-state index contributed by atoms with van der Waals surface area (Å²) in [5, 5.41) is 3.44. The molecule has 1 saturated heterocycles. The molecule has 1 unspecified atom stereocenters. The number of morpholine rings is 1. The smallest absolute Gasteiger partial charge is 0.123 e. The third kappa shape index (κ3) is 2.25. The van der Waals surface area contributed by atoms with Gasteiger partial charge in [0.25, 0.3) is 0 Å². The highest BCUT2D eigenvalue weighted by Gasteiger charge is 2.36. The Kier molecular flexibility index (Phi) is 2.76. The number of rotatable bonds is 1. The van der Waals surface area contributed by atoms with Crippen molar-refractivity contribution in [2.75, 3.05) is 13.2 Å². The first kappa shape index (κ1) is 11.6. The van der Waals surface area contributed by atoms with Crippen LogP contribution in [0, 0.1) is 5.82 Å². The molecule has 1 atom stereocenters. The van der Waals surface area contributed by atoms with Gasteiger partial charge in [-0.3, -0.25) is 0 Å². The maximum atomic E-state index is 12.8. The fourth-order valence-corrected chi connectivity index (χ4v) is 1.84. The van der Waals surface area contributed by atoms with E-state index in [9.17, 15) is 4.39 Å². The molecule has 16 heavy (non-hydrogen) atoms. The van der Waals surface area contributed by atoms with Gasteiger partial charge in [0.2, 0.25) is 0 Å². The summed E-state index contributed by atoms with van der Waals surface area (Å²) in [6.07, 6.45) is 0. The molecule has 0 saturated carbocycles. The molecule has 88 valence electrons. The average Bonchev–Trinajstić information content (AvgIpc) is 2.24. The van der Waals surface area contributed by atoms with Crippen molar-refractivity contribution in [1.82, 2.24) is 5.32 Å². The standard InChI is InChI=1S/C13H18FNO/c1-12(2)9-16-13(3,8-15-12)10-4-6-11(14)7-5-10/h4-7,15H,8-9H2,1-3H3. The third-order valence-electron chi connectivity index (χ3n) is 3.11. The number of hydrogen-bond donors (Lipinski definition) is 1. The van der Waals surface area contributed by atoms with Crippen molar-refractivity contribution in [2.24, 2.45) is 0 Å². The SMILES string of the molecule is CC1(C)COC(C)(c2ccc(F)cc2)CN1. The molecule has 1 heterocycles. The van der Waals surface area contributed by atoms with Crippen LogP contribution in [0.15, 0.2) is 24.3 Å². The summed E-state index contributed by atoms with van der Waals surface area (Å²) < 4.78 is 18.8. The minimum atomic E-state index is -0.358. The summed E-state index contributed by atoms with van der Waals surface area (Å²) in [6, 6.07) is 6.53. The normalized spacial score (nSPS) is 29.0. The molecule has 1 aromatic carbocycles. The van der Waals surface area contributed by atoms with Gasteiger partial charge in [0.1, 0.15) is 11.4 Å². The lowest BCUT2D eigenvalue weighted by molar-refractivity contribution is -0.0950. The van der Waals surface area contributed by atoms with Crippen LogP contribution in [0.2, 0.25) is 0 Å². The van der Waals surface area contributed by atoms with Gasteiger partial charge < -0.3 is 10.1 Å². The monoisotopic (exact) mass is 223 g/mol. The zero-order valence-corrected chi connectivity index (χ0v) is 10.0. The highest BCUT2D eigenvalue weighted by Crippen LogP contribution is 2.29. The average molecular weight is 223 g/mol. The predicted octanol–water partition coefficient (Wildman–Crippen LogP) is 2.44. The van der Waals surface area contributed by atoms with Crippen molar-refractivity contribution in [2.45, 2.75) is 31.9 Å². The Bertz CT molecular complexity index is 362. The Morgan fingerprint density at radius 1 is 1.19 bits per heavy atom. The third-order valence-corrected chi connectivity index (χ3v) is 3.11. The summed E-state index contributed by atoms with van der Waals surface area (Å²) in [4.78, 5) is 0. The van der Waals surface area contributed by atoms with Crippen LogP contribution in [-0.2, 0) is 10.3 Å². The van der Waals surface area contributed by atoms with Gasteiger partial charge in [0.15, 0.2) is 0 Å². The van der Waals surface area contributed by atoms with E-state index >= 15 is 0 Å². The second kappa shape index (κ2) is 3.82. The largest absolute Gasteiger partial charge is 0.367 e. The van der Waals surface area contributed by atoms with Gasteiger partial charge in [-0.15, -0.1) is 0 Å². The van der Waals surface area contributed by atoms with E-state index in [2.05, 4.69) is 19.2 Å². The quantitative estimate of drug-likeness (QED) is 0.789. The molecule has 1 N–H and O–H groups in total. The second-order valence-corrected chi connectivity index (χ2v) is 5.26. The van der Waals surface area contributed by atoms with E-state index in [4.69, 9.17) is 4.74 Å². The lowest BCUT2D eigenvalue weighted by atomic mass is 9.91. The molecule has 1 fully saturated rings. The van der Waals surface area contributed by atoms with Crippen molar-refractivity contribution in [1.29, 1.82) is 0 Å². The second-order valence-electron chi connectivity index (χ2n) is 5.26. The van der Waals surface area contributed by atoms with Crippen molar-refractivity contribution in [3.63, 3.8) is 0 Å². The molecule has 2 nitrogen and oxygen atoms in total. The summed E-state index contributed by atoms with van der Waals surface area (Å²) in [5.41, 5.74) is 0.667. The van der Waals surface area contributed by atoms with Crippen LogP contribution in [0.3, 0.4) is 0 Å². The highest BCUT2D eigenvalue weighted by molar-refractivity contribution is 5.24. The Labute approximate surface area is 95.8 Å². The molecule has 0 aromatic heterocycles. The lowest BCUT2D eigenvalue weighted by Crippen LogP contribution is -2.56. The number of nitrogens with one attached hydrogen (secondary N) is 1. The molecular formula is C13H18FNO. The van der Waals surface area contributed by atoms with E-state index in [0.717, 1.165) is 12.1 Å². The number of benzene rings is 1. The predicted molar refractivity (Wildman–Crippen MR) is 61.8 cm³/mol. The van der Waals surface area contributed by atoms with Gasteiger partial charge in [-0.1, -0.05) is 12.1 Å². The zero-order valence-electron chi connectivity index (χ0n) is 10.0. The fraction of sp³-hybridized carbons (Fsp3) is 0.538. The first-order chi connectivity index (χ1) is 7.41. The molecule has 0 bridgehead atoms. The maximum Gasteiger partial charge on any atom is 0.123 e. The number of hydrogen-bond acceptors (Lipinski definition) is 2. The van der Waals surface area contributed by atoms with Gasteiger partial charge >= 0.3 is 0 Å². The van der Waals surface area contributed by atoms with Gasteiger partial charge in [-0.2, -0.15) is 0 Å². The van der Waals surface area contributed by atoms with Gasteiger partial charge in [0.05, 0.1) is 6.61 Å². The molecule has 0 amide bonds. The minimum Gasteiger partial charge on any atom is -0.367 e. The molecule has 3 heteroatoms. The summed E-state index contributed by atoms with van der Waals surface area (Å²) in [5.74, 6) is -0.212. The Morgan fingerprint density at radius 2 is 1.81 bits per heavy atom. The van der Waals surface area contributed by atoms with Crippen LogP contribution < -0.4 is 5.32 Å². The number of ether oxygens (including phenoxy) is 1. The zero-order chi connectivity index (χ0) is 11.8. The molecule has 0 aliphatic carbocycles. The molecule has 1 aromatic rings. The van der Waals surface area contributed by atoms with Crippen LogP contribution in [-0.4, -0.2) is 18.7 Å².